The maximum absolute atomic E-state index is 6.22. The van der Waals surface area contributed by atoms with Crippen LogP contribution in [0.1, 0.15) is 35.3 Å². The van der Waals surface area contributed by atoms with Crippen molar-refractivity contribution in [3.63, 3.8) is 0 Å². The molecule has 0 amide bonds. The summed E-state index contributed by atoms with van der Waals surface area (Å²) in [5, 5.41) is 3.40. The highest BCUT2D eigenvalue weighted by molar-refractivity contribution is 9.10. The van der Waals surface area contributed by atoms with Gasteiger partial charge in [-0.25, -0.2) is 0 Å². The monoisotopic (exact) mass is 409 g/mol. The molecular weight excluding hydrogens is 394 g/mol. The number of hydrogen-bond donors (Lipinski definition) is 1. The predicted molar refractivity (Wildman–Crippen MR) is 92.8 cm³/mol. The molecule has 4 heteroatoms. The Morgan fingerprint density at radius 3 is 2.67 bits per heavy atom. The van der Waals surface area contributed by atoms with E-state index >= 15 is 0 Å². The van der Waals surface area contributed by atoms with Gasteiger partial charge in [-0.1, -0.05) is 44.0 Å². The second kappa shape index (κ2) is 6.11. The van der Waals surface area contributed by atoms with Crippen LogP contribution in [0, 0.1) is 6.92 Å². The number of rotatable bonds is 2. The first-order valence-electron chi connectivity index (χ1n) is 6.98. The molecule has 1 aliphatic heterocycles. The average molecular weight is 411 g/mol. The molecule has 0 saturated carbocycles. The van der Waals surface area contributed by atoms with Gasteiger partial charge < -0.3 is 10.1 Å². The Balaban J connectivity index is 1.96. The fraction of sp³-hybridized carbons (Fsp3) is 0.294. The third kappa shape index (κ3) is 3.03. The molecule has 0 spiro atoms. The van der Waals surface area contributed by atoms with E-state index in [2.05, 4.69) is 68.4 Å². The third-order valence-corrected chi connectivity index (χ3v) is 5.35. The molecule has 2 aromatic rings. The molecule has 0 aliphatic carbocycles. The molecule has 3 rings (SSSR count). The van der Waals surface area contributed by atoms with Gasteiger partial charge in [0.1, 0.15) is 11.9 Å². The third-order valence-electron chi connectivity index (χ3n) is 3.97. The number of ether oxygens (including phenoxy) is 1. The van der Waals surface area contributed by atoms with Crippen molar-refractivity contribution in [2.45, 2.75) is 25.5 Å². The van der Waals surface area contributed by atoms with Crippen molar-refractivity contribution >= 4 is 31.9 Å². The molecule has 110 valence electrons. The van der Waals surface area contributed by atoms with E-state index < -0.39 is 0 Å². The summed E-state index contributed by atoms with van der Waals surface area (Å²) in [5.41, 5.74) is 3.68. The normalized spacial score (nSPS) is 20.8. The van der Waals surface area contributed by atoms with Gasteiger partial charge in [-0.05, 0) is 49.4 Å². The van der Waals surface area contributed by atoms with Crippen LogP contribution in [-0.2, 0) is 0 Å². The fourth-order valence-corrected chi connectivity index (χ4v) is 3.41. The number of nitrogens with one attached hydrogen (secondary N) is 1. The lowest BCUT2D eigenvalue weighted by Crippen LogP contribution is -2.26. The number of fused-ring (bicyclic) bond motifs is 1. The Labute approximate surface area is 142 Å². The molecule has 1 heterocycles. The Hall–Kier alpha value is -0.840. The summed E-state index contributed by atoms with van der Waals surface area (Å²) < 4.78 is 8.45. The summed E-state index contributed by atoms with van der Waals surface area (Å²) in [7, 11) is 2.00. The van der Waals surface area contributed by atoms with E-state index in [0.717, 1.165) is 21.1 Å². The topological polar surface area (TPSA) is 21.3 Å². The number of halogens is 2. The minimum atomic E-state index is 0.0860. The molecule has 0 saturated heterocycles. The van der Waals surface area contributed by atoms with Crippen LogP contribution >= 0.6 is 31.9 Å². The number of benzene rings is 2. The molecule has 2 aromatic carbocycles. The molecule has 21 heavy (non-hydrogen) atoms. The molecule has 2 atom stereocenters. The molecule has 0 radical (unpaired) electrons. The van der Waals surface area contributed by atoms with Crippen molar-refractivity contribution in [2.75, 3.05) is 7.05 Å². The molecule has 0 bridgehead atoms. The maximum Gasteiger partial charge on any atom is 0.126 e. The van der Waals surface area contributed by atoms with Crippen LogP contribution in [0.3, 0.4) is 0 Å². The van der Waals surface area contributed by atoms with E-state index in [1.165, 1.54) is 16.7 Å². The SMILES string of the molecule is CNC1CC(c2ccc(Br)c(C)c2)Oc2ccc(Br)cc21. The van der Waals surface area contributed by atoms with Gasteiger partial charge in [-0.2, -0.15) is 0 Å². The van der Waals surface area contributed by atoms with E-state index in [9.17, 15) is 0 Å². The van der Waals surface area contributed by atoms with Crippen molar-refractivity contribution in [1.29, 1.82) is 0 Å². The Morgan fingerprint density at radius 1 is 1.14 bits per heavy atom. The quantitative estimate of drug-likeness (QED) is 0.724. The number of aryl methyl sites for hydroxylation is 1. The zero-order valence-electron chi connectivity index (χ0n) is 12.0. The van der Waals surface area contributed by atoms with Crippen molar-refractivity contribution in [3.05, 3.63) is 62.0 Å². The summed E-state index contributed by atoms with van der Waals surface area (Å²) in [4.78, 5) is 0. The largest absolute Gasteiger partial charge is 0.485 e. The maximum atomic E-state index is 6.22. The van der Waals surface area contributed by atoms with E-state index in [4.69, 9.17) is 4.74 Å². The van der Waals surface area contributed by atoms with Gasteiger partial charge in [-0.3, -0.25) is 0 Å². The van der Waals surface area contributed by atoms with Gasteiger partial charge in [0.15, 0.2) is 0 Å². The summed E-state index contributed by atoms with van der Waals surface area (Å²) in [6.45, 7) is 2.11. The van der Waals surface area contributed by atoms with Crippen LogP contribution in [0.25, 0.3) is 0 Å². The van der Waals surface area contributed by atoms with Crippen LogP contribution in [0.4, 0.5) is 0 Å². The fourth-order valence-electron chi connectivity index (χ4n) is 2.79. The van der Waals surface area contributed by atoms with Crippen LogP contribution in [0.15, 0.2) is 45.3 Å². The smallest absolute Gasteiger partial charge is 0.126 e. The lowest BCUT2D eigenvalue weighted by molar-refractivity contribution is 0.154. The molecule has 0 fully saturated rings. The van der Waals surface area contributed by atoms with Gasteiger partial charge in [0.2, 0.25) is 0 Å². The zero-order valence-corrected chi connectivity index (χ0v) is 15.2. The first-order chi connectivity index (χ1) is 10.1. The first-order valence-corrected chi connectivity index (χ1v) is 8.56. The second-order valence-electron chi connectivity index (χ2n) is 5.37. The van der Waals surface area contributed by atoms with E-state index in [1.807, 2.05) is 19.2 Å². The predicted octanol–water partition coefficient (Wildman–Crippen LogP) is 5.30. The van der Waals surface area contributed by atoms with E-state index in [-0.39, 0.29) is 6.10 Å². The average Bonchev–Trinajstić information content (AvgIpc) is 2.49. The molecule has 2 unspecified atom stereocenters. The van der Waals surface area contributed by atoms with Crippen LogP contribution in [-0.4, -0.2) is 7.05 Å². The van der Waals surface area contributed by atoms with Crippen LogP contribution in [0.5, 0.6) is 5.75 Å². The van der Waals surface area contributed by atoms with Crippen molar-refractivity contribution in [1.82, 2.24) is 5.32 Å². The summed E-state index contributed by atoms with van der Waals surface area (Å²) in [6.07, 6.45) is 1.02. The van der Waals surface area contributed by atoms with Gasteiger partial charge in [0, 0.05) is 27.0 Å². The molecule has 0 aromatic heterocycles. The summed E-state index contributed by atoms with van der Waals surface area (Å²) in [5.74, 6) is 0.967. The van der Waals surface area contributed by atoms with Crippen molar-refractivity contribution in [2.24, 2.45) is 0 Å². The van der Waals surface area contributed by atoms with Gasteiger partial charge in [0.05, 0.1) is 0 Å². The van der Waals surface area contributed by atoms with Crippen LogP contribution < -0.4 is 10.1 Å². The zero-order chi connectivity index (χ0) is 15.0. The van der Waals surface area contributed by atoms with Gasteiger partial charge in [0.25, 0.3) is 0 Å². The minimum Gasteiger partial charge on any atom is -0.485 e. The Bertz CT molecular complexity index is 672. The highest BCUT2D eigenvalue weighted by Crippen LogP contribution is 2.42. The molecular formula is C17H17Br2NO. The van der Waals surface area contributed by atoms with Gasteiger partial charge >= 0.3 is 0 Å². The van der Waals surface area contributed by atoms with E-state index in [1.54, 1.807) is 0 Å². The van der Waals surface area contributed by atoms with E-state index in [0.29, 0.717) is 6.04 Å². The molecule has 1 aliphatic rings. The van der Waals surface area contributed by atoms with Crippen molar-refractivity contribution in [3.8, 4) is 5.75 Å². The lowest BCUT2D eigenvalue weighted by atomic mass is 9.92. The Kier molecular flexibility index (Phi) is 4.38. The highest BCUT2D eigenvalue weighted by atomic mass is 79.9. The standard InChI is InChI=1S/C17H17Br2NO/c1-10-7-11(3-5-14(10)19)17-9-15(20-2)13-8-12(18)4-6-16(13)21-17/h3-8,15,17,20H,9H2,1-2H3. The van der Waals surface area contributed by atoms with Gasteiger partial charge in [-0.15, -0.1) is 0 Å². The first kappa shape index (κ1) is 15.1. The molecule has 1 N–H and O–H groups in total. The van der Waals surface area contributed by atoms with Crippen LogP contribution in [0.2, 0.25) is 0 Å². The molecule has 2 nitrogen and oxygen atoms in total. The summed E-state index contributed by atoms with van der Waals surface area (Å²) in [6, 6.07) is 12.9. The Morgan fingerprint density at radius 2 is 1.95 bits per heavy atom. The highest BCUT2D eigenvalue weighted by Gasteiger charge is 2.28. The van der Waals surface area contributed by atoms with Crippen molar-refractivity contribution < 1.29 is 4.74 Å². The summed E-state index contributed by atoms with van der Waals surface area (Å²) >= 11 is 7.09. The second-order valence-corrected chi connectivity index (χ2v) is 7.14. The lowest BCUT2D eigenvalue weighted by Gasteiger charge is -2.32. The minimum absolute atomic E-state index is 0.0860. The number of hydrogen-bond acceptors (Lipinski definition) is 2.